The van der Waals surface area contributed by atoms with Crippen molar-refractivity contribution in [2.45, 2.75) is 12.3 Å². The van der Waals surface area contributed by atoms with E-state index in [-0.39, 0.29) is 12.3 Å². The molecule has 3 N–H and O–H groups in total. The number of nitrogen functional groups attached to an aromatic ring is 1. The molecule has 0 fully saturated rings. The first kappa shape index (κ1) is 15.0. The Morgan fingerprint density at radius 3 is 2.43 bits per heavy atom. The maximum absolute atomic E-state index is 12.1. The number of nitrogens with one attached hydrogen (secondary N) is 1. The highest BCUT2D eigenvalue weighted by Crippen LogP contribution is 2.12. The lowest BCUT2D eigenvalue weighted by atomic mass is 10.1. The minimum absolute atomic E-state index is 0.192. The molecule has 0 spiro atoms. The Kier molecular flexibility index (Phi) is 4.58. The molecule has 6 heteroatoms. The van der Waals surface area contributed by atoms with E-state index < -0.39 is 10.0 Å². The minimum Gasteiger partial charge on any atom is -0.399 e. The first-order valence-corrected chi connectivity index (χ1v) is 7.95. The number of rotatable bonds is 5. The molecule has 0 aliphatic rings. The molecule has 108 valence electrons. The Balaban J connectivity index is 2.05. The zero-order valence-electron chi connectivity index (χ0n) is 11.3. The molecule has 0 aliphatic carbocycles. The SMILES string of the molecule is N#Cc1ccccc1CS(=O)(=O)NCc1ccc(N)cc1. The van der Waals surface area contributed by atoms with Crippen LogP contribution in [-0.2, 0) is 22.3 Å². The first-order valence-electron chi connectivity index (χ1n) is 6.30. The average molecular weight is 301 g/mol. The number of nitriles is 1. The molecule has 2 aromatic rings. The van der Waals surface area contributed by atoms with Gasteiger partial charge in [0.15, 0.2) is 0 Å². The average Bonchev–Trinajstić information content (AvgIpc) is 2.47. The Labute approximate surface area is 124 Å². The molecule has 0 heterocycles. The fourth-order valence-electron chi connectivity index (χ4n) is 1.84. The predicted octanol–water partition coefficient (Wildman–Crippen LogP) is 1.76. The highest BCUT2D eigenvalue weighted by atomic mass is 32.2. The normalized spacial score (nSPS) is 11.0. The molecular formula is C15H15N3O2S. The van der Waals surface area contributed by atoms with Gasteiger partial charge in [0, 0.05) is 12.2 Å². The van der Waals surface area contributed by atoms with Crippen LogP contribution in [0.3, 0.4) is 0 Å². The van der Waals surface area contributed by atoms with Gasteiger partial charge in [-0.1, -0.05) is 30.3 Å². The molecule has 0 saturated heterocycles. The van der Waals surface area contributed by atoms with Gasteiger partial charge in [-0.15, -0.1) is 0 Å². The summed E-state index contributed by atoms with van der Waals surface area (Å²) in [5.41, 5.74) is 7.88. The Bertz CT molecular complexity index is 762. The lowest BCUT2D eigenvalue weighted by Gasteiger charge is -2.08. The topological polar surface area (TPSA) is 96.0 Å². The summed E-state index contributed by atoms with van der Waals surface area (Å²) >= 11 is 0. The second-order valence-corrected chi connectivity index (χ2v) is 6.40. The van der Waals surface area contributed by atoms with Crippen LogP contribution in [0.25, 0.3) is 0 Å². The standard InChI is InChI=1S/C15H15N3O2S/c16-9-13-3-1-2-4-14(13)11-21(19,20)18-10-12-5-7-15(17)8-6-12/h1-8,18H,10-11,17H2. The lowest BCUT2D eigenvalue weighted by Crippen LogP contribution is -2.25. The largest absolute Gasteiger partial charge is 0.399 e. The number of nitrogens with two attached hydrogens (primary N) is 1. The Hall–Kier alpha value is -2.36. The number of anilines is 1. The third kappa shape index (κ3) is 4.31. The molecule has 0 aromatic heterocycles. The zero-order chi connectivity index (χ0) is 15.3. The van der Waals surface area contributed by atoms with Gasteiger partial charge >= 0.3 is 0 Å². The molecule has 0 unspecified atom stereocenters. The van der Waals surface area contributed by atoms with Crippen LogP contribution in [0, 0.1) is 11.3 Å². The maximum Gasteiger partial charge on any atom is 0.216 e. The van der Waals surface area contributed by atoms with Crippen LogP contribution in [0.2, 0.25) is 0 Å². The van der Waals surface area contributed by atoms with E-state index in [4.69, 9.17) is 11.0 Å². The Morgan fingerprint density at radius 1 is 1.10 bits per heavy atom. The first-order chi connectivity index (χ1) is 10.00. The van der Waals surface area contributed by atoms with Gasteiger partial charge < -0.3 is 5.73 Å². The van der Waals surface area contributed by atoms with Crippen LogP contribution in [0.4, 0.5) is 5.69 Å². The van der Waals surface area contributed by atoms with Crippen molar-refractivity contribution in [2.75, 3.05) is 5.73 Å². The number of hydrogen-bond acceptors (Lipinski definition) is 4. The second kappa shape index (κ2) is 6.39. The van der Waals surface area contributed by atoms with Crippen molar-refractivity contribution in [1.82, 2.24) is 4.72 Å². The third-order valence-corrected chi connectivity index (χ3v) is 4.23. The summed E-state index contributed by atoms with van der Waals surface area (Å²) in [5, 5.41) is 8.97. The molecule has 0 bridgehead atoms. The van der Waals surface area contributed by atoms with E-state index in [1.807, 2.05) is 6.07 Å². The molecule has 5 nitrogen and oxygen atoms in total. The second-order valence-electron chi connectivity index (χ2n) is 4.59. The van der Waals surface area contributed by atoms with Gasteiger partial charge in [-0.05, 0) is 29.3 Å². The highest BCUT2D eigenvalue weighted by molar-refractivity contribution is 7.88. The van der Waals surface area contributed by atoms with Crippen molar-refractivity contribution >= 4 is 15.7 Å². The van der Waals surface area contributed by atoms with Gasteiger partial charge in [-0.3, -0.25) is 0 Å². The molecule has 0 radical (unpaired) electrons. The van der Waals surface area contributed by atoms with Crippen molar-refractivity contribution < 1.29 is 8.42 Å². The predicted molar refractivity (Wildman–Crippen MR) is 81.5 cm³/mol. The summed E-state index contributed by atoms with van der Waals surface area (Å²) in [6, 6.07) is 15.6. The number of nitrogens with zero attached hydrogens (tertiary/aromatic N) is 1. The van der Waals surface area contributed by atoms with Crippen LogP contribution in [0.1, 0.15) is 16.7 Å². The summed E-state index contributed by atoms with van der Waals surface area (Å²) in [6.45, 7) is 0.192. The van der Waals surface area contributed by atoms with E-state index in [1.54, 1.807) is 48.5 Å². The van der Waals surface area contributed by atoms with Crippen LogP contribution in [0.5, 0.6) is 0 Å². The number of hydrogen-bond donors (Lipinski definition) is 2. The van der Waals surface area contributed by atoms with Gasteiger partial charge in [-0.25, -0.2) is 13.1 Å². The van der Waals surface area contributed by atoms with Gasteiger partial charge in [0.2, 0.25) is 10.0 Å². The van der Waals surface area contributed by atoms with Crippen LogP contribution in [-0.4, -0.2) is 8.42 Å². The van der Waals surface area contributed by atoms with E-state index in [0.717, 1.165) is 5.56 Å². The highest BCUT2D eigenvalue weighted by Gasteiger charge is 2.13. The van der Waals surface area contributed by atoms with E-state index in [0.29, 0.717) is 16.8 Å². The van der Waals surface area contributed by atoms with E-state index in [2.05, 4.69) is 4.72 Å². The summed E-state index contributed by atoms with van der Waals surface area (Å²) in [4.78, 5) is 0. The molecule has 0 aliphatic heterocycles. The third-order valence-electron chi connectivity index (χ3n) is 2.96. The van der Waals surface area contributed by atoms with Crippen LogP contribution < -0.4 is 10.5 Å². The molecule has 21 heavy (non-hydrogen) atoms. The summed E-state index contributed by atoms with van der Waals surface area (Å²) in [7, 11) is -3.51. The fraction of sp³-hybridized carbons (Fsp3) is 0.133. The molecule has 0 atom stereocenters. The minimum atomic E-state index is -3.51. The van der Waals surface area contributed by atoms with Crippen molar-refractivity contribution in [3.05, 3.63) is 65.2 Å². The maximum atomic E-state index is 12.1. The molecule has 0 amide bonds. The molecular weight excluding hydrogens is 286 g/mol. The monoisotopic (exact) mass is 301 g/mol. The number of sulfonamides is 1. The van der Waals surface area contributed by atoms with Crippen LogP contribution in [0.15, 0.2) is 48.5 Å². The Morgan fingerprint density at radius 2 is 1.76 bits per heavy atom. The van der Waals surface area contributed by atoms with Crippen molar-refractivity contribution in [3.63, 3.8) is 0 Å². The fourth-order valence-corrected chi connectivity index (χ4v) is 2.99. The van der Waals surface area contributed by atoms with Crippen molar-refractivity contribution in [1.29, 1.82) is 5.26 Å². The molecule has 2 aromatic carbocycles. The lowest BCUT2D eigenvalue weighted by molar-refractivity contribution is 0.580. The van der Waals surface area contributed by atoms with E-state index in [9.17, 15) is 8.42 Å². The molecule has 2 rings (SSSR count). The quantitative estimate of drug-likeness (QED) is 0.822. The van der Waals surface area contributed by atoms with Gasteiger partial charge in [-0.2, -0.15) is 5.26 Å². The smallest absolute Gasteiger partial charge is 0.216 e. The summed E-state index contributed by atoms with van der Waals surface area (Å²) in [5.74, 6) is -0.217. The van der Waals surface area contributed by atoms with E-state index in [1.165, 1.54) is 0 Å². The van der Waals surface area contributed by atoms with Gasteiger partial charge in [0.1, 0.15) is 0 Å². The van der Waals surface area contributed by atoms with Gasteiger partial charge in [0.05, 0.1) is 17.4 Å². The zero-order valence-corrected chi connectivity index (χ0v) is 12.1. The van der Waals surface area contributed by atoms with Crippen LogP contribution >= 0.6 is 0 Å². The summed E-state index contributed by atoms with van der Waals surface area (Å²) in [6.07, 6.45) is 0. The molecule has 0 saturated carbocycles. The summed E-state index contributed by atoms with van der Waals surface area (Å²) < 4.78 is 26.6. The van der Waals surface area contributed by atoms with Crippen molar-refractivity contribution in [3.8, 4) is 6.07 Å². The van der Waals surface area contributed by atoms with Crippen molar-refractivity contribution in [2.24, 2.45) is 0 Å². The van der Waals surface area contributed by atoms with Gasteiger partial charge in [0.25, 0.3) is 0 Å². The van der Waals surface area contributed by atoms with E-state index >= 15 is 0 Å². The number of benzene rings is 2.